The summed E-state index contributed by atoms with van der Waals surface area (Å²) in [6, 6.07) is 0. The topological polar surface area (TPSA) is 60.6 Å². The maximum absolute atomic E-state index is 5.46. The van der Waals surface area contributed by atoms with Crippen LogP contribution < -0.4 is 0 Å². The molecule has 1 saturated carbocycles. The molecule has 0 spiro atoms. The highest BCUT2D eigenvalue weighted by molar-refractivity contribution is 4.97. The van der Waals surface area contributed by atoms with Gasteiger partial charge in [-0.3, -0.25) is 0 Å². The van der Waals surface area contributed by atoms with E-state index in [2.05, 4.69) is 10.1 Å². The van der Waals surface area contributed by atoms with Crippen molar-refractivity contribution in [1.29, 1.82) is 0 Å². The minimum atomic E-state index is 0.494. The maximum atomic E-state index is 5.46. The van der Waals surface area contributed by atoms with Gasteiger partial charge < -0.3 is 14.1 Å². The predicted molar refractivity (Wildman–Crippen MR) is 76.5 cm³/mol. The third-order valence-electron chi connectivity index (χ3n) is 4.58. The van der Waals surface area contributed by atoms with Crippen LogP contribution in [0.3, 0.4) is 0 Å². The van der Waals surface area contributed by atoms with Crippen LogP contribution in [-0.2, 0) is 16.1 Å². The second kappa shape index (κ2) is 7.33. The minimum absolute atomic E-state index is 0.494. The molecule has 21 heavy (non-hydrogen) atoms. The average molecular weight is 295 g/mol. The van der Waals surface area contributed by atoms with Gasteiger partial charge in [-0.25, -0.2) is 0 Å². The molecule has 1 aromatic heterocycles. The van der Waals surface area contributed by atoms with Gasteiger partial charge in [0, 0.05) is 25.7 Å². The summed E-state index contributed by atoms with van der Waals surface area (Å²) in [5.74, 6) is 2.65. The van der Waals surface area contributed by atoms with Gasteiger partial charge >= 0.3 is 0 Å². The van der Waals surface area contributed by atoms with E-state index in [0.717, 1.165) is 38.4 Å². The Morgan fingerprint density at radius 2 is 1.95 bits per heavy atom. The second-order valence-corrected chi connectivity index (χ2v) is 6.09. The van der Waals surface area contributed by atoms with Crippen LogP contribution in [0.25, 0.3) is 0 Å². The van der Waals surface area contributed by atoms with Crippen molar-refractivity contribution < 1.29 is 14.1 Å². The summed E-state index contributed by atoms with van der Waals surface area (Å²) in [4.78, 5) is 10.0. The van der Waals surface area contributed by atoms with Gasteiger partial charge in [-0.2, -0.15) is 10.0 Å². The molecule has 0 N–H and O–H groups in total. The van der Waals surface area contributed by atoms with Crippen LogP contribution in [0.1, 0.15) is 56.2 Å². The van der Waals surface area contributed by atoms with E-state index in [0.29, 0.717) is 24.3 Å². The Labute approximate surface area is 125 Å². The molecule has 1 saturated heterocycles. The zero-order valence-electron chi connectivity index (χ0n) is 12.8. The van der Waals surface area contributed by atoms with Crippen LogP contribution in [0.2, 0.25) is 0 Å². The van der Waals surface area contributed by atoms with Gasteiger partial charge in [0.05, 0.1) is 7.11 Å². The quantitative estimate of drug-likeness (QED) is 0.752. The van der Waals surface area contributed by atoms with E-state index in [4.69, 9.17) is 14.1 Å². The van der Waals surface area contributed by atoms with Crippen molar-refractivity contribution in [3.05, 3.63) is 11.7 Å². The Hall–Kier alpha value is -0.980. The lowest BCUT2D eigenvalue weighted by atomic mass is 10.0. The summed E-state index contributed by atoms with van der Waals surface area (Å²) in [6.07, 6.45) is 7.13. The number of hydroxylamine groups is 2. The number of nitrogens with zero attached hydrogens (tertiary/aromatic N) is 3. The van der Waals surface area contributed by atoms with E-state index in [9.17, 15) is 0 Å². The molecule has 6 heteroatoms. The zero-order valence-corrected chi connectivity index (χ0v) is 12.8. The van der Waals surface area contributed by atoms with Crippen LogP contribution in [0, 0.1) is 5.92 Å². The van der Waals surface area contributed by atoms with Crippen molar-refractivity contribution in [3.63, 3.8) is 0 Å². The van der Waals surface area contributed by atoms with Crippen molar-refractivity contribution in [2.24, 2.45) is 5.92 Å². The molecule has 0 unspecified atom stereocenters. The molecule has 6 nitrogen and oxygen atoms in total. The first-order valence-corrected chi connectivity index (χ1v) is 8.04. The van der Waals surface area contributed by atoms with Gasteiger partial charge in [0.2, 0.25) is 5.89 Å². The van der Waals surface area contributed by atoms with Crippen LogP contribution >= 0.6 is 0 Å². The van der Waals surface area contributed by atoms with Gasteiger partial charge in [-0.05, 0) is 31.6 Å². The highest BCUT2D eigenvalue weighted by Crippen LogP contribution is 2.32. The van der Waals surface area contributed by atoms with Gasteiger partial charge in [-0.1, -0.05) is 18.0 Å². The lowest BCUT2D eigenvalue weighted by Gasteiger charge is -2.27. The van der Waals surface area contributed by atoms with Gasteiger partial charge in [0.25, 0.3) is 0 Å². The first kappa shape index (κ1) is 14.9. The molecule has 118 valence electrons. The van der Waals surface area contributed by atoms with Crippen molar-refractivity contribution in [2.45, 2.75) is 51.0 Å². The fourth-order valence-corrected chi connectivity index (χ4v) is 3.25. The largest absolute Gasteiger partial charge is 0.381 e. The molecule has 2 heterocycles. The second-order valence-electron chi connectivity index (χ2n) is 6.09. The predicted octanol–water partition coefficient (Wildman–Crippen LogP) is 2.52. The number of hydrogen-bond acceptors (Lipinski definition) is 6. The van der Waals surface area contributed by atoms with Gasteiger partial charge in [0.1, 0.15) is 6.54 Å². The Morgan fingerprint density at radius 1 is 1.19 bits per heavy atom. The number of rotatable bonds is 6. The van der Waals surface area contributed by atoms with E-state index < -0.39 is 0 Å². The summed E-state index contributed by atoms with van der Waals surface area (Å²) >= 11 is 0. The molecule has 2 fully saturated rings. The summed E-state index contributed by atoms with van der Waals surface area (Å²) in [5, 5.41) is 6.06. The van der Waals surface area contributed by atoms with Gasteiger partial charge in [-0.15, -0.1) is 0 Å². The fourth-order valence-electron chi connectivity index (χ4n) is 3.25. The minimum Gasteiger partial charge on any atom is -0.381 e. The van der Waals surface area contributed by atoms with Crippen LogP contribution in [0.4, 0.5) is 0 Å². The van der Waals surface area contributed by atoms with Gasteiger partial charge in [0.15, 0.2) is 5.82 Å². The van der Waals surface area contributed by atoms with Crippen molar-refractivity contribution in [1.82, 2.24) is 15.2 Å². The smallest absolute Gasteiger partial charge is 0.243 e. The van der Waals surface area contributed by atoms with Crippen LogP contribution in [0.15, 0.2) is 4.52 Å². The standard InChI is InChI=1S/C15H25N3O3/c1-19-18(10-12-6-8-20-9-7-12)11-14-16-15(17-21-14)13-4-2-3-5-13/h12-13H,2-11H2,1H3. The van der Waals surface area contributed by atoms with E-state index >= 15 is 0 Å². The average Bonchev–Trinajstić information content (AvgIpc) is 3.18. The summed E-state index contributed by atoms with van der Waals surface area (Å²) in [7, 11) is 1.70. The van der Waals surface area contributed by atoms with E-state index in [-0.39, 0.29) is 0 Å². The summed E-state index contributed by atoms with van der Waals surface area (Å²) in [6.45, 7) is 3.16. The lowest BCUT2D eigenvalue weighted by Crippen LogP contribution is -2.31. The van der Waals surface area contributed by atoms with Crippen molar-refractivity contribution >= 4 is 0 Å². The third kappa shape index (κ3) is 4.02. The fraction of sp³-hybridized carbons (Fsp3) is 0.867. The summed E-state index contributed by atoms with van der Waals surface area (Å²) in [5.41, 5.74) is 0. The molecule has 0 bridgehead atoms. The number of ether oxygens (including phenoxy) is 1. The lowest BCUT2D eigenvalue weighted by molar-refractivity contribution is -0.156. The highest BCUT2D eigenvalue weighted by atomic mass is 16.7. The molecular weight excluding hydrogens is 270 g/mol. The van der Waals surface area contributed by atoms with E-state index in [1.165, 1.54) is 25.7 Å². The molecular formula is C15H25N3O3. The maximum Gasteiger partial charge on any atom is 0.243 e. The summed E-state index contributed by atoms with van der Waals surface area (Å²) < 4.78 is 10.8. The molecule has 1 aliphatic carbocycles. The van der Waals surface area contributed by atoms with Crippen molar-refractivity contribution in [2.75, 3.05) is 26.9 Å². The molecule has 0 atom stereocenters. The molecule has 1 aliphatic heterocycles. The van der Waals surface area contributed by atoms with E-state index in [1.54, 1.807) is 7.11 Å². The SMILES string of the molecule is CON(Cc1nc(C2CCCC2)no1)CC1CCOCC1. The third-order valence-corrected chi connectivity index (χ3v) is 4.58. The monoisotopic (exact) mass is 295 g/mol. The highest BCUT2D eigenvalue weighted by Gasteiger charge is 2.24. The van der Waals surface area contributed by atoms with Crippen LogP contribution in [0.5, 0.6) is 0 Å². The molecule has 1 aromatic rings. The Bertz CT molecular complexity index is 426. The molecule has 2 aliphatic rings. The van der Waals surface area contributed by atoms with E-state index in [1.807, 2.05) is 5.06 Å². The molecule has 0 aromatic carbocycles. The molecule has 0 radical (unpaired) electrons. The first-order chi connectivity index (χ1) is 10.3. The Balaban J connectivity index is 1.53. The van der Waals surface area contributed by atoms with Crippen molar-refractivity contribution in [3.8, 4) is 0 Å². The zero-order chi connectivity index (χ0) is 14.5. The van der Waals surface area contributed by atoms with Crippen LogP contribution in [-0.4, -0.2) is 42.1 Å². The number of aromatic nitrogens is 2. The number of hydrogen-bond donors (Lipinski definition) is 0. The molecule has 3 rings (SSSR count). The Kier molecular flexibility index (Phi) is 5.22. The normalized spacial score (nSPS) is 21.4. The first-order valence-electron chi connectivity index (χ1n) is 8.04. The molecule has 0 amide bonds. The Morgan fingerprint density at radius 3 is 2.67 bits per heavy atom.